The molecule has 3 heteroatoms. The lowest BCUT2D eigenvalue weighted by atomic mass is 10.0. The molecule has 0 aliphatic carbocycles. The van der Waals surface area contributed by atoms with E-state index in [1.165, 1.54) is 11.1 Å². The monoisotopic (exact) mass is 236 g/mol. The Labute approximate surface area is 104 Å². The molecule has 1 aromatic rings. The molecule has 1 rings (SSSR count). The van der Waals surface area contributed by atoms with Gasteiger partial charge in [0.25, 0.3) is 0 Å². The maximum atomic E-state index is 5.57. The van der Waals surface area contributed by atoms with E-state index in [-0.39, 0.29) is 12.1 Å². The van der Waals surface area contributed by atoms with Gasteiger partial charge in [-0.1, -0.05) is 24.3 Å². The quantitative estimate of drug-likeness (QED) is 0.563. The number of hydrazine groups is 1. The molecule has 0 saturated carbocycles. The average Bonchev–Trinajstić information content (AvgIpc) is 2.31. The zero-order chi connectivity index (χ0) is 12.7. The first-order chi connectivity index (χ1) is 8.13. The lowest BCUT2D eigenvalue weighted by molar-refractivity contribution is 0.0596. The molecule has 0 heterocycles. The van der Waals surface area contributed by atoms with Crippen LogP contribution in [0.5, 0.6) is 0 Å². The van der Waals surface area contributed by atoms with Crippen LogP contribution >= 0.6 is 0 Å². The molecule has 1 aromatic carbocycles. The number of nitrogens with one attached hydrogen (secondary N) is 1. The van der Waals surface area contributed by atoms with Gasteiger partial charge in [0.1, 0.15) is 0 Å². The Balaban J connectivity index is 2.40. The molecule has 0 radical (unpaired) electrons. The number of hydrogen-bond acceptors (Lipinski definition) is 3. The van der Waals surface area contributed by atoms with E-state index in [0.717, 1.165) is 12.8 Å². The number of rotatable bonds is 7. The smallest absolute Gasteiger partial charge is 0.0636 e. The Kier molecular flexibility index (Phi) is 6.19. The fourth-order valence-corrected chi connectivity index (χ4v) is 1.74. The maximum absolute atomic E-state index is 5.57. The van der Waals surface area contributed by atoms with Crippen LogP contribution in [0.15, 0.2) is 24.3 Å². The van der Waals surface area contributed by atoms with E-state index in [2.05, 4.69) is 36.6 Å². The molecule has 17 heavy (non-hydrogen) atoms. The van der Waals surface area contributed by atoms with Gasteiger partial charge in [-0.3, -0.25) is 11.3 Å². The number of nitrogens with two attached hydrogens (primary N) is 1. The van der Waals surface area contributed by atoms with Crippen LogP contribution in [0.2, 0.25) is 0 Å². The van der Waals surface area contributed by atoms with Crippen molar-refractivity contribution in [2.75, 3.05) is 6.61 Å². The van der Waals surface area contributed by atoms with Crippen molar-refractivity contribution in [1.82, 2.24) is 5.43 Å². The zero-order valence-corrected chi connectivity index (χ0v) is 11.1. The lowest BCUT2D eigenvalue weighted by Gasteiger charge is -2.18. The summed E-state index contributed by atoms with van der Waals surface area (Å²) in [6.07, 6.45) is 2.28. The Morgan fingerprint density at radius 3 is 2.59 bits per heavy atom. The Morgan fingerprint density at radius 2 is 2.00 bits per heavy atom. The normalized spacial score (nSPS) is 13.0. The van der Waals surface area contributed by atoms with Crippen molar-refractivity contribution in [3.05, 3.63) is 35.4 Å². The van der Waals surface area contributed by atoms with Gasteiger partial charge in [0, 0.05) is 6.04 Å². The molecular formula is C14H24N2O. The van der Waals surface area contributed by atoms with Crippen LogP contribution in [0.1, 0.15) is 31.4 Å². The van der Waals surface area contributed by atoms with Crippen molar-refractivity contribution >= 4 is 0 Å². The fraction of sp³-hybridized carbons (Fsp3) is 0.571. The highest BCUT2D eigenvalue weighted by molar-refractivity contribution is 5.25. The molecule has 0 fully saturated rings. The van der Waals surface area contributed by atoms with Gasteiger partial charge in [0.2, 0.25) is 0 Å². The summed E-state index contributed by atoms with van der Waals surface area (Å²) in [6, 6.07) is 8.69. The molecule has 0 aromatic heterocycles. The average molecular weight is 236 g/mol. The van der Waals surface area contributed by atoms with Crippen LogP contribution in [0, 0.1) is 6.92 Å². The third-order valence-corrected chi connectivity index (χ3v) is 2.89. The largest absolute Gasteiger partial charge is 0.377 e. The molecule has 0 spiro atoms. The first-order valence-corrected chi connectivity index (χ1v) is 6.25. The molecule has 3 N–H and O–H groups in total. The number of ether oxygens (including phenoxy) is 1. The van der Waals surface area contributed by atoms with Crippen molar-refractivity contribution in [3.63, 3.8) is 0 Å². The third kappa shape index (κ3) is 5.31. The van der Waals surface area contributed by atoms with Gasteiger partial charge >= 0.3 is 0 Å². The molecule has 3 nitrogen and oxygen atoms in total. The second kappa shape index (κ2) is 7.43. The summed E-state index contributed by atoms with van der Waals surface area (Å²) in [5.74, 6) is 5.53. The SMILES string of the molecule is Cc1ccccc1CCC(COC(C)C)NN. The molecule has 0 amide bonds. The van der Waals surface area contributed by atoms with Gasteiger partial charge in [-0.2, -0.15) is 0 Å². The highest BCUT2D eigenvalue weighted by atomic mass is 16.5. The second-order valence-electron chi connectivity index (χ2n) is 4.71. The van der Waals surface area contributed by atoms with Gasteiger partial charge in [0.15, 0.2) is 0 Å². The maximum Gasteiger partial charge on any atom is 0.0636 e. The Hall–Kier alpha value is -0.900. The summed E-state index contributed by atoms with van der Waals surface area (Å²) in [5, 5.41) is 0. The first-order valence-electron chi connectivity index (χ1n) is 6.25. The molecule has 0 aliphatic heterocycles. The van der Waals surface area contributed by atoms with E-state index >= 15 is 0 Å². The summed E-state index contributed by atoms with van der Waals surface area (Å²) in [7, 11) is 0. The summed E-state index contributed by atoms with van der Waals surface area (Å²) >= 11 is 0. The van der Waals surface area contributed by atoms with Gasteiger partial charge in [-0.05, 0) is 44.7 Å². The topological polar surface area (TPSA) is 47.3 Å². The predicted molar refractivity (Wildman–Crippen MR) is 71.7 cm³/mol. The van der Waals surface area contributed by atoms with Gasteiger partial charge in [-0.25, -0.2) is 0 Å². The van der Waals surface area contributed by atoms with Gasteiger partial charge in [0.05, 0.1) is 12.7 Å². The van der Waals surface area contributed by atoms with Crippen LogP contribution in [-0.2, 0) is 11.2 Å². The minimum absolute atomic E-state index is 0.219. The minimum atomic E-state index is 0.219. The van der Waals surface area contributed by atoms with E-state index in [1.807, 2.05) is 13.8 Å². The van der Waals surface area contributed by atoms with Crippen LogP contribution in [0.25, 0.3) is 0 Å². The van der Waals surface area contributed by atoms with E-state index in [4.69, 9.17) is 10.6 Å². The molecule has 96 valence electrons. The first kappa shape index (κ1) is 14.2. The minimum Gasteiger partial charge on any atom is -0.377 e. The van der Waals surface area contributed by atoms with E-state index in [1.54, 1.807) is 0 Å². The van der Waals surface area contributed by atoms with E-state index < -0.39 is 0 Å². The predicted octanol–water partition coefficient (Wildman–Crippen LogP) is 2.18. The van der Waals surface area contributed by atoms with Crippen LogP contribution in [0.3, 0.4) is 0 Å². The van der Waals surface area contributed by atoms with Gasteiger partial charge in [-0.15, -0.1) is 0 Å². The van der Waals surface area contributed by atoms with Crippen molar-refractivity contribution in [1.29, 1.82) is 0 Å². The summed E-state index contributed by atoms with van der Waals surface area (Å²) < 4.78 is 5.57. The van der Waals surface area contributed by atoms with E-state index in [0.29, 0.717) is 6.61 Å². The number of hydrogen-bond donors (Lipinski definition) is 2. The number of benzene rings is 1. The Morgan fingerprint density at radius 1 is 1.29 bits per heavy atom. The van der Waals surface area contributed by atoms with Crippen LogP contribution in [-0.4, -0.2) is 18.8 Å². The highest BCUT2D eigenvalue weighted by Gasteiger charge is 2.08. The molecule has 0 bridgehead atoms. The molecule has 0 saturated heterocycles. The second-order valence-corrected chi connectivity index (χ2v) is 4.71. The zero-order valence-electron chi connectivity index (χ0n) is 11.1. The standard InChI is InChI=1S/C14H24N2O/c1-11(2)17-10-14(16-15)9-8-13-7-5-4-6-12(13)3/h4-7,11,14,16H,8-10,15H2,1-3H3. The number of aryl methyl sites for hydroxylation is 2. The molecule has 1 unspecified atom stereocenters. The van der Waals surface area contributed by atoms with Crippen LogP contribution in [0.4, 0.5) is 0 Å². The summed E-state index contributed by atoms with van der Waals surface area (Å²) in [4.78, 5) is 0. The van der Waals surface area contributed by atoms with Crippen molar-refractivity contribution < 1.29 is 4.74 Å². The summed E-state index contributed by atoms with van der Waals surface area (Å²) in [5.41, 5.74) is 5.55. The van der Waals surface area contributed by atoms with Crippen molar-refractivity contribution in [2.24, 2.45) is 5.84 Å². The fourth-order valence-electron chi connectivity index (χ4n) is 1.74. The lowest BCUT2D eigenvalue weighted by Crippen LogP contribution is -2.39. The molecular weight excluding hydrogens is 212 g/mol. The van der Waals surface area contributed by atoms with Crippen molar-refractivity contribution in [2.45, 2.75) is 45.8 Å². The van der Waals surface area contributed by atoms with E-state index in [9.17, 15) is 0 Å². The van der Waals surface area contributed by atoms with Crippen molar-refractivity contribution in [3.8, 4) is 0 Å². The molecule has 1 atom stereocenters. The third-order valence-electron chi connectivity index (χ3n) is 2.89. The summed E-state index contributed by atoms with van der Waals surface area (Å²) in [6.45, 7) is 6.88. The van der Waals surface area contributed by atoms with Gasteiger partial charge < -0.3 is 4.74 Å². The Bertz CT molecular complexity index is 326. The van der Waals surface area contributed by atoms with Crippen LogP contribution < -0.4 is 11.3 Å². The molecule has 0 aliphatic rings. The highest BCUT2D eigenvalue weighted by Crippen LogP contribution is 2.11.